The van der Waals surface area contributed by atoms with Crippen molar-refractivity contribution in [1.29, 1.82) is 0 Å². The number of ketones is 1. The Labute approximate surface area is 66.7 Å². The molecule has 0 radical (unpaired) electrons. The molecule has 1 saturated carbocycles. The van der Waals surface area contributed by atoms with Gasteiger partial charge in [0.2, 0.25) is 5.79 Å². The smallest absolute Gasteiger partial charge is 0.228 e. The van der Waals surface area contributed by atoms with Gasteiger partial charge in [-0.3, -0.25) is 4.79 Å². The van der Waals surface area contributed by atoms with Crippen molar-refractivity contribution in [3.05, 3.63) is 0 Å². The fraction of sp³-hybridized carbons (Fsp3) is 0.875. The fourth-order valence-electron chi connectivity index (χ4n) is 1.52. The van der Waals surface area contributed by atoms with Crippen LogP contribution < -0.4 is 0 Å². The zero-order chi connectivity index (χ0) is 8.48. The summed E-state index contributed by atoms with van der Waals surface area (Å²) < 4.78 is 10.1. The molecule has 0 heterocycles. The Morgan fingerprint density at radius 2 is 2.00 bits per heavy atom. The van der Waals surface area contributed by atoms with Gasteiger partial charge in [0.15, 0.2) is 5.78 Å². The topological polar surface area (TPSA) is 35.5 Å². The van der Waals surface area contributed by atoms with Crippen LogP contribution in [0, 0.1) is 5.92 Å². The zero-order valence-corrected chi connectivity index (χ0v) is 7.22. The highest BCUT2D eigenvalue weighted by atomic mass is 16.7. The SMILES string of the molecule is COC1(OC)CCC(C)C1=O. The maximum atomic E-state index is 11.4. The molecule has 11 heavy (non-hydrogen) atoms. The van der Waals surface area contributed by atoms with E-state index in [1.165, 1.54) is 14.2 Å². The van der Waals surface area contributed by atoms with Gasteiger partial charge in [0.1, 0.15) is 0 Å². The van der Waals surface area contributed by atoms with E-state index in [0.29, 0.717) is 6.42 Å². The summed E-state index contributed by atoms with van der Waals surface area (Å²) in [5, 5.41) is 0. The number of carbonyl (C=O) groups excluding carboxylic acids is 1. The van der Waals surface area contributed by atoms with E-state index in [9.17, 15) is 4.79 Å². The molecule has 0 amide bonds. The number of Topliss-reactive ketones (excluding diaryl/α,β-unsaturated/α-hetero) is 1. The Morgan fingerprint density at radius 3 is 2.18 bits per heavy atom. The number of carbonyl (C=O) groups is 1. The van der Waals surface area contributed by atoms with E-state index >= 15 is 0 Å². The van der Waals surface area contributed by atoms with E-state index in [0.717, 1.165) is 6.42 Å². The van der Waals surface area contributed by atoms with Crippen LogP contribution in [0.3, 0.4) is 0 Å². The second-order valence-corrected chi connectivity index (χ2v) is 2.97. The first-order valence-corrected chi connectivity index (χ1v) is 3.81. The minimum absolute atomic E-state index is 0.0718. The molecule has 1 fully saturated rings. The van der Waals surface area contributed by atoms with Crippen LogP contribution >= 0.6 is 0 Å². The van der Waals surface area contributed by atoms with Crippen molar-refractivity contribution in [1.82, 2.24) is 0 Å². The fourth-order valence-corrected chi connectivity index (χ4v) is 1.52. The monoisotopic (exact) mass is 158 g/mol. The van der Waals surface area contributed by atoms with Gasteiger partial charge in [-0.2, -0.15) is 0 Å². The third-order valence-corrected chi connectivity index (χ3v) is 2.39. The third-order valence-electron chi connectivity index (χ3n) is 2.39. The minimum Gasteiger partial charge on any atom is -0.347 e. The Bertz CT molecular complexity index is 161. The molecule has 1 aliphatic carbocycles. The van der Waals surface area contributed by atoms with Gasteiger partial charge in [-0.25, -0.2) is 0 Å². The van der Waals surface area contributed by atoms with Crippen LogP contribution in [0.2, 0.25) is 0 Å². The number of rotatable bonds is 2. The first kappa shape index (κ1) is 8.68. The standard InChI is InChI=1S/C8H14O3/c1-6-4-5-8(10-2,11-3)7(6)9/h6H,4-5H2,1-3H3. The molecule has 0 N–H and O–H groups in total. The molecule has 64 valence electrons. The van der Waals surface area contributed by atoms with E-state index < -0.39 is 5.79 Å². The van der Waals surface area contributed by atoms with Gasteiger partial charge in [-0.05, 0) is 6.42 Å². The van der Waals surface area contributed by atoms with Crippen LogP contribution in [0.4, 0.5) is 0 Å². The normalized spacial score (nSPS) is 29.4. The molecule has 1 atom stereocenters. The molecule has 1 rings (SSSR count). The van der Waals surface area contributed by atoms with Gasteiger partial charge in [-0.1, -0.05) is 6.92 Å². The lowest BCUT2D eigenvalue weighted by atomic mass is 10.1. The summed E-state index contributed by atoms with van der Waals surface area (Å²) in [6.45, 7) is 1.90. The number of methoxy groups -OCH3 is 2. The second-order valence-electron chi connectivity index (χ2n) is 2.97. The maximum absolute atomic E-state index is 11.4. The summed E-state index contributed by atoms with van der Waals surface area (Å²) in [6.07, 6.45) is 1.54. The van der Waals surface area contributed by atoms with Gasteiger partial charge in [0.05, 0.1) is 0 Å². The molecular weight excluding hydrogens is 144 g/mol. The highest BCUT2D eigenvalue weighted by Gasteiger charge is 2.46. The van der Waals surface area contributed by atoms with Crippen LogP contribution in [-0.4, -0.2) is 25.8 Å². The summed E-state index contributed by atoms with van der Waals surface area (Å²) in [4.78, 5) is 11.4. The summed E-state index contributed by atoms with van der Waals surface area (Å²) in [5.74, 6) is -0.781. The van der Waals surface area contributed by atoms with E-state index in [2.05, 4.69) is 0 Å². The Hall–Kier alpha value is -0.410. The molecule has 0 saturated heterocycles. The quantitative estimate of drug-likeness (QED) is 0.562. The summed E-state index contributed by atoms with van der Waals surface area (Å²) in [6, 6.07) is 0. The van der Waals surface area contributed by atoms with Crippen molar-refractivity contribution < 1.29 is 14.3 Å². The Morgan fingerprint density at radius 1 is 1.45 bits per heavy atom. The molecule has 0 aromatic heterocycles. The summed E-state index contributed by atoms with van der Waals surface area (Å²) in [7, 11) is 3.03. The van der Waals surface area contributed by atoms with E-state index in [-0.39, 0.29) is 11.7 Å². The molecule has 0 aliphatic heterocycles. The third kappa shape index (κ3) is 1.19. The minimum atomic E-state index is -0.931. The first-order valence-electron chi connectivity index (χ1n) is 3.81. The second kappa shape index (κ2) is 2.91. The number of ether oxygens (including phenoxy) is 2. The van der Waals surface area contributed by atoms with E-state index in [1.807, 2.05) is 6.92 Å². The largest absolute Gasteiger partial charge is 0.347 e. The van der Waals surface area contributed by atoms with Gasteiger partial charge in [0, 0.05) is 26.6 Å². The van der Waals surface area contributed by atoms with Crippen LogP contribution in [-0.2, 0) is 14.3 Å². The van der Waals surface area contributed by atoms with E-state index in [4.69, 9.17) is 9.47 Å². The van der Waals surface area contributed by atoms with Crippen molar-refractivity contribution in [2.45, 2.75) is 25.6 Å². The van der Waals surface area contributed by atoms with Crippen LogP contribution in [0.5, 0.6) is 0 Å². The molecular formula is C8H14O3. The molecule has 3 heteroatoms. The lowest BCUT2D eigenvalue weighted by molar-refractivity contribution is -0.201. The maximum Gasteiger partial charge on any atom is 0.228 e. The number of hydrogen-bond acceptors (Lipinski definition) is 3. The van der Waals surface area contributed by atoms with E-state index in [1.54, 1.807) is 0 Å². The zero-order valence-electron chi connectivity index (χ0n) is 7.22. The lowest BCUT2D eigenvalue weighted by Gasteiger charge is -2.23. The van der Waals surface area contributed by atoms with Gasteiger partial charge in [0.25, 0.3) is 0 Å². The predicted octanol–water partition coefficient (Wildman–Crippen LogP) is 0.974. The highest BCUT2D eigenvalue weighted by molar-refractivity contribution is 5.89. The predicted molar refractivity (Wildman–Crippen MR) is 40.2 cm³/mol. The molecule has 1 unspecified atom stereocenters. The lowest BCUT2D eigenvalue weighted by Crippen LogP contribution is -2.39. The van der Waals surface area contributed by atoms with Gasteiger partial charge < -0.3 is 9.47 Å². The Balaban J connectivity index is 2.78. The Kier molecular flexibility index (Phi) is 2.30. The molecule has 3 nitrogen and oxygen atoms in total. The van der Waals surface area contributed by atoms with Gasteiger partial charge >= 0.3 is 0 Å². The molecule has 1 aliphatic rings. The molecule has 0 spiro atoms. The van der Waals surface area contributed by atoms with Crippen molar-refractivity contribution in [3.8, 4) is 0 Å². The van der Waals surface area contributed by atoms with Crippen molar-refractivity contribution >= 4 is 5.78 Å². The van der Waals surface area contributed by atoms with Crippen LogP contribution in [0.1, 0.15) is 19.8 Å². The summed E-state index contributed by atoms with van der Waals surface area (Å²) in [5.41, 5.74) is 0. The molecule has 0 aromatic rings. The van der Waals surface area contributed by atoms with Crippen molar-refractivity contribution in [2.24, 2.45) is 5.92 Å². The van der Waals surface area contributed by atoms with Crippen LogP contribution in [0.25, 0.3) is 0 Å². The average Bonchev–Trinajstić information content (AvgIpc) is 2.32. The van der Waals surface area contributed by atoms with Crippen molar-refractivity contribution in [2.75, 3.05) is 14.2 Å². The van der Waals surface area contributed by atoms with Gasteiger partial charge in [-0.15, -0.1) is 0 Å². The summed E-state index contributed by atoms with van der Waals surface area (Å²) >= 11 is 0. The van der Waals surface area contributed by atoms with Crippen LogP contribution in [0.15, 0.2) is 0 Å². The average molecular weight is 158 g/mol. The highest BCUT2D eigenvalue weighted by Crippen LogP contribution is 2.33. The molecule has 0 aromatic carbocycles. The van der Waals surface area contributed by atoms with Crippen molar-refractivity contribution in [3.63, 3.8) is 0 Å². The number of hydrogen-bond donors (Lipinski definition) is 0. The molecule has 0 bridgehead atoms. The first-order chi connectivity index (χ1) is 5.16.